The number of ketones is 2. The molecule has 0 aliphatic carbocycles. The largest absolute Gasteiger partial charge is 0.485 e. The average molecular weight is 824 g/mol. The number of nitrogens with two attached hydrogens (primary N) is 1. The van der Waals surface area contributed by atoms with E-state index < -0.39 is 41.6 Å². The fourth-order valence-electron chi connectivity index (χ4n) is 5.31. The van der Waals surface area contributed by atoms with Gasteiger partial charge in [0.15, 0.2) is 11.6 Å². The number of urea groups is 1. The van der Waals surface area contributed by atoms with Crippen LogP contribution in [0.5, 0.6) is 5.75 Å². The van der Waals surface area contributed by atoms with E-state index in [1.165, 1.54) is 32.2 Å². The number of unbranched alkanes of at least 4 members (excludes halogenated alkanes) is 1. The van der Waals surface area contributed by atoms with Crippen LogP contribution in [0.4, 0.5) is 15.3 Å². The first-order valence-electron chi connectivity index (χ1n) is 19.6. The monoisotopic (exact) mass is 823 g/mol. The number of carbonyl (C=O) groups excluding carboxylic acids is 7. The van der Waals surface area contributed by atoms with Gasteiger partial charge in [-0.3, -0.25) is 19.2 Å². The molecule has 0 aliphatic heterocycles. The number of Topliss-reactive ketones (excluding diaryl/α,β-unsaturated/α-hetero) is 2. The molecule has 0 aromatic heterocycles. The number of esters is 1. The molecule has 58 heavy (non-hydrogen) atoms. The fraction of sp³-hybridized carbons (Fsp3) is 0.675. The molecule has 328 valence electrons. The summed E-state index contributed by atoms with van der Waals surface area (Å²) in [6, 6.07) is 2.75. The average Bonchev–Trinajstić information content (AvgIpc) is 3.14. The Morgan fingerprint density at radius 1 is 0.810 bits per heavy atom. The van der Waals surface area contributed by atoms with E-state index in [2.05, 4.69) is 21.3 Å². The van der Waals surface area contributed by atoms with Gasteiger partial charge in [0.1, 0.15) is 23.5 Å². The molecule has 0 saturated heterocycles. The van der Waals surface area contributed by atoms with Gasteiger partial charge in [-0.2, -0.15) is 0 Å². The molecule has 0 bridgehead atoms. The maximum absolute atomic E-state index is 13.5. The molecule has 18 nitrogen and oxygen atoms in total. The number of primary amides is 1. The number of rotatable bonds is 30. The summed E-state index contributed by atoms with van der Waals surface area (Å²) in [5, 5.41) is 10.5. The molecule has 0 saturated carbocycles. The molecule has 0 radical (unpaired) electrons. The summed E-state index contributed by atoms with van der Waals surface area (Å²) in [6.45, 7) is 13.1. The summed E-state index contributed by atoms with van der Waals surface area (Å²) in [4.78, 5) is 86.3. The second-order valence-electron chi connectivity index (χ2n) is 14.8. The van der Waals surface area contributed by atoms with Gasteiger partial charge in [-0.1, -0.05) is 13.8 Å². The second kappa shape index (κ2) is 28.6. The number of ether oxygens (including phenoxy) is 6. The third-order valence-electron chi connectivity index (χ3n) is 8.13. The number of amides is 5. The highest BCUT2D eigenvalue weighted by molar-refractivity contribution is 5.99. The van der Waals surface area contributed by atoms with Crippen molar-refractivity contribution < 1.29 is 62.0 Å². The van der Waals surface area contributed by atoms with E-state index >= 15 is 0 Å². The zero-order valence-corrected chi connectivity index (χ0v) is 35.2. The van der Waals surface area contributed by atoms with Crippen molar-refractivity contribution in [3.05, 3.63) is 23.8 Å². The van der Waals surface area contributed by atoms with E-state index in [0.717, 1.165) is 0 Å². The van der Waals surface area contributed by atoms with Crippen LogP contribution in [0.2, 0.25) is 0 Å². The van der Waals surface area contributed by atoms with Gasteiger partial charge < -0.3 is 55.4 Å². The lowest BCUT2D eigenvalue weighted by Gasteiger charge is -2.23. The number of benzene rings is 1. The first kappa shape index (κ1) is 51.2. The van der Waals surface area contributed by atoms with Crippen molar-refractivity contribution >= 4 is 47.2 Å². The third-order valence-corrected chi connectivity index (χ3v) is 8.13. The Balaban J connectivity index is 2.56. The Labute approximate surface area is 341 Å². The molecule has 0 heterocycles. The van der Waals surface area contributed by atoms with E-state index in [0.29, 0.717) is 71.9 Å². The summed E-state index contributed by atoms with van der Waals surface area (Å²) in [5.41, 5.74) is 4.90. The van der Waals surface area contributed by atoms with Crippen LogP contribution >= 0.6 is 0 Å². The van der Waals surface area contributed by atoms with E-state index in [1.807, 2.05) is 0 Å². The van der Waals surface area contributed by atoms with E-state index in [4.69, 9.17) is 34.2 Å². The molecule has 2 atom stereocenters. The second-order valence-corrected chi connectivity index (χ2v) is 14.8. The normalized spacial score (nSPS) is 12.2. The highest BCUT2D eigenvalue weighted by atomic mass is 16.6. The van der Waals surface area contributed by atoms with Crippen LogP contribution in [0.1, 0.15) is 96.8 Å². The minimum atomic E-state index is -0.835. The van der Waals surface area contributed by atoms with Crippen LogP contribution in [0.25, 0.3) is 0 Å². The number of nitrogens with one attached hydrogen (secondary N) is 4. The van der Waals surface area contributed by atoms with Crippen LogP contribution in [0.3, 0.4) is 0 Å². The van der Waals surface area contributed by atoms with Gasteiger partial charge in [-0.15, -0.1) is 0 Å². The van der Waals surface area contributed by atoms with Crippen molar-refractivity contribution in [3.8, 4) is 5.75 Å². The van der Waals surface area contributed by atoms with Crippen LogP contribution in [-0.2, 0) is 42.9 Å². The maximum atomic E-state index is 13.5. The topological polar surface area (TPSA) is 249 Å². The van der Waals surface area contributed by atoms with Gasteiger partial charge >= 0.3 is 18.1 Å². The summed E-state index contributed by atoms with van der Waals surface area (Å²) in [5.74, 6) is -3.16. The molecule has 0 aliphatic rings. The number of hydrogen-bond donors (Lipinski definition) is 5. The van der Waals surface area contributed by atoms with Gasteiger partial charge in [-0.25, -0.2) is 14.4 Å². The Kier molecular flexibility index (Phi) is 25.2. The molecule has 0 spiro atoms. The minimum absolute atomic E-state index is 0.0192. The van der Waals surface area contributed by atoms with Crippen molar-refractivity contribution in [2.24, 2.45) is 17.6 Å². The molecular weight excluding hydrogens is 758 g/mol. The highest BCUT2D eigenvalue weighted by Crippen LogP contribution is 2.26. The predicted octanol–water partition coefficient (Wildman–Crippen LogP) is 3.68. The van der Waals surface area contributed by atoms with E-state index in [9.17, 15) is 33.6 Å². The van der Waals surface area contributed by atoms with Gasteiger partial charge in [0, 0.05) is 63.7 Å². The van der Waals surface area contributed by atoms with Crippen LogP contribution < -0.4 is 31.7 Å². The quantitative estimate of drug-likeness (QED) is 0.0550. The van der Waals surface area contributed by atoms with Gasteiger partial charge in [0.05, 0.1) is 39.6 Å². The van der Waals surface area contributed by atoms with Crippen molar-refractivity contribution in [2.45, 2.75) is 98.1 Å². The number of hydrogen-bond acceptors (Lipinski definition) is 13. The summed E-state index contributed by atoms with van der Waals surface area (Å²) in [7, 11) is 1.20. The summed E-state index contributed by atoms with van der Waals surface area (Å²) in [6.07, 6.45) is 1.96. The molecule has 18 heteroatoms. The molecule has 0 fully saturated rings. The molecular formula is C40H65N5O13. The fourth-order valence-corrected chi connectivity index (χ4v) is 5.31. The first-order chi connectivity index (χ1) is 27.4. The van der Waals surface area contributed by atoms with E-state index in [1.54, 1.807) is 34.6 Å². The van der Waals surface area contributed by atoms with Crippen molar-refractivity contribution in [1.29, 1.82) is 0 Å². The molecule has 5 amide bonds. The first-order valence-corrected chi connectivity index (χ1v) is 19.6. The van der Waals surface area contributed by atoms with Crippen LogP contribution in [0, 0.1) is 11.8 Å². The Hall–Kier alpha value is -4.81. The molecule has 1 aromatic rings. The predicted molar refractivity (Wildman–Crippen MR) is 214 cm³/mol. The number of carbonyl (C=O) groups is 7. The molecule has 6 N–H and O–H groups in total. The Morgan fingerprint density at radius 2 is 1.43 bits per heavy atom. The zero-order chi connectivity index (χ0) is 43.5. The third kappa shape index (κ3) is 24.1. The summed E-state index contributed by atoms with van der Waals surface area (Å²) >= 11 is 0. The Morgan fingerprint density at radius 3 is 2.02 bits per heavy atom. The van der Waals surface area contributed by atoms with Gasteiger partial charge in [-0.05, 0) is 70.9 Å². The van der Waals surface area contributed by atoms with Crippen molar-refractivity contribution in [1.82, 2.24) is 16.0 Å². The standard InChI is InChI=1S/C40H65N5O13/c1-27(2)35(44-28(3)46)33(48)24-29(12-10-16-42-38(41)51)36(49)45-30-14-15-32(37(50)53-7)34(25-30)57-26-31(47)13-8-9-18-54-20-22-56-23-21-55-19-11-17-43-39(52)58-40(4,5)6/h14-15,25,27,29,35H,8-13,16-24,26H2,1-7H3,(H,43,52)(H,44,46)(H,45,49)(H3,41,42,51)/t29-,35+/m1/s1. The summed E-state index contributed by atoms with van der Waals surface area (Å²) < 4.78 is 32.3. The molecule has 0 unspecified atom stereocenters. The number of anilines is 1. The number of alkyl carbamates (subject to hydrolysis) is 1. The van der Waals surface area contributed by atoms with E-state index in [-0.39, 0.29) is 72.8 Å². The lowest BCUT2D eigenvalue weighted by Crippen LogP contribution is -2.44. The van der Waals surface area contributed by atoms with Crippen molar-refractivity contribution in [2.75, 3.05) is 71.8 Å². The lowest BCUT2D eigenvalue weighted by molar-refractivity contribution is -0.130. The smallest absolute Gasteiger partial charge is 0.407 e. The lowest BCUT2D eigenvalue weighted by atomic mass is 9.89. The van der Waals surface area contributed by atoms with Gasteiger partial charge in [0.2, 0.25) is 11.8 Å². The zero-order valence-electron chi connectivity index (χ0n) is 35.2. The number of methoxy groups -OCH3 is 1. The molecule has 1 aromatic carbocycles. The minimum Gasteiger partial charge on any atom is -0.485 e. The maximum Gasteiger partial charge on any atom is 0.407 e. The van der Waals surface area contributed by atoms with Crippen LogP contribution in [0.15, 0.2) is 18.2 Å². The van der Waals surface area contributed by atoms with Crippen molar-refractivity contribution in [3.63, 3.8) is 0 Å². The highest BCUT2D eigenvalue weighted by Gasteiger charge is 2.29. The van der Waals surface area contributed by atoms with Crippen LogP contribution in [-0.4, -0.2) is 120 Å². The Bertz CT molecular complexity index is 1460. The SMILES string of the molecule is COC(=O)c1ccc(NC(=O)[C@H](CCCNC(N)=O)CC(=O)[C@@H](NC(C)=O)C(C)C)cc1OCC(=O)CCCCOCCOCCOCCCNC(=O)OC(C)(C)C. The molecule has 1 rings (SSSR count). The van der Waals surface area contributed by atoms with Gasteiger partial charge in [0.25, 0.3) is 0 Å².